The number of nitrogens with one attached hydrogen (secondary N) is 2. The van der Waals surface area contributed by atoms with Gasteiger partial charge < -0.3 is 10.6 Å². The largest absolute Gasteiger partial charge is 0.355 e. The summed E-state index contributed by atoms with van der Waals surface area (Å²) >= 11 is 0. The first kappa shape index (κ1) is 12.2. The Hall–Kier alpha value is -0.830. The van der Waals surface area contributed by atoms with Gasteiger partial charge in [-0.1, -0.05) is 12.2 Å². The van der Waals surface area contributed by atoms with E-state index >= 15 is 0 Å². The van der Waals surface area contributed by atoms with Crippen LogP contribution in [0.4, 0.5) is 0 Å². The minimum absolute atomic E-state index is 0.194. The van der Waals surface area contributed by atoms with Crippen LogP contribution in [-0.4, -0.2) is 25.5 Å². The van der Waals surface area contributed by atoms with Gasteiger partial charge in [-0.3, -0.25) is 4.79 Å². The number of amides is 1. The summed E-state index contributed by atoms with van der Waals surface area (Å²) < 4.78 is 0. The highest BCUT2D eigenvalue weighted by Gasteiger charge is 2.33. The first-order valence-electron chi connectivity index (χ1n) is 5.79. The van der Waals surface area contributed by atoms with Crippen LogP contribution in [0.2, 0.25) is 0 Å². The zero-order valence-electron chi connectivity index (χ0n) is 9.81. The highest BCUT2D eigenvalue weighted by molar-refractivity contribution is 5.82. The molecule has 0 saturated carbocycles. The molecule has 1 aliphatic rings. The van der Waals surface area contributed by atoms with Crippen LogP contribution in [-0.2, 0) is 4.79 Å². The third-order valence-electron chi connectivity index (χ3n) is 2.98. The van der Waals surface area contributed by atoms with Crippen molar-refractivity contribution in [3.05, 3.63) is 12.2 Å². The van der Waals surface area contributed by atoms with Crippen molar-refractivity contribution in [2.75, 3.05) is 19.6 Å². The molecule has 1 rings (SSSR count). The zero-order valence-corrected chi connectivity index (χ0v) is 9.81. The van der Waals surface area contributed by atoms with Gasteiger partial charge >= 0.3 is 0 Å². The third kappa shape index (κ3) is 3.67. The van der Waals surface area contributed by atoms with Crippen LogP contribution in [0.25, 0.3) is 0 Å². The van der Waals surface area contributed by atoms with Crippen LogP contribution in [0, 0.1) is 5.41 Å². The summed E-state index contributed by atoms with van der Waals surface area (Å²) in [5.74, 6) is 0.194. The molecule has 0 aliphatic carbocycles. The number of hydrogen-bond acceptors (Lipinski definition) is 2. The van der Waals surface area contributed by atoms with E-state index in [0.29, 0.717) is 0 Å². The number of carbonyl (C=O) groups is 1. The number of allylic oxidation sites excluding steroid dienone is 1. The molecular weight excluding hydrogens is 188 g/mol. The molecule has 3 nitrogen and oxygen atoms in total. The Kier molecular flexibility index (Phi) is 4.82. The molecule has 2 N–H and O–H groups in total. The van der Waals surface area contributed by atoms with Crippen LogP contribution in [0.15, 0.2) is 12.2 Å². The summed E-state index contributed by atoms with van der Waals surface area (Å²) in [7, 11) is 0. The first-order valence-corrected chi connectivity index (χ1v) is 5.79. The zero-order chi connectivity index (χ0) is 11.1. The number of hydrogen-bond donors (Lipinski definition) is 2. The summed E-state index contributed by atoms with van der Waals surface area (Å²) in [6.07, 6.45) is 7.09. The van der Waals surface area contributed by atoms with Crippen molar-refractivity contribution in [2.45, 2.75) is 33.1 Å². The summed E-state index contributed by atoms with van der Waals surface area (Å²) in [5, 5.41) is 6.28. The molecule has 0 radical (unpaired) electrons. The molecule has 1 aliphatic heterocycles. The fraction of sp³-hybridized carbons (Fsp3) is 0.750. The minimum atomic E-state index is -0.200. The quantitative estimate of drug-likeness (QED) is 0.545. The van der Waals surface area contributed by atoms with Crippen molar-refractivity contribution >= 4 is 5.91 Å². The highest BCUT2D eigenvalue weighted by atomic mass is 16.2. The normalized spacial score (nSPS) is 26.8. The van der Waals surface area contributed by atoms with Crippen molar-refractivity contribution in [1.29, 1.82) is 0 Å². The Morgan fingerprint density at radius 3 is 3.00 bits per heavy atom. The van der Waals surface area contributed by atoms with Gasteiger partial charge in [0.1, 0.15) is 0 Å². The lowest BCUT2D eigenvalue weighted by Gasteiger charge is -2.32. The van der Waals surface area contributed by atoms with E-state index in [-0.39, 0.29) is 11.3 Å². The average molecular weight is 210 g/mol. The van der Waals surface area contributed by atoms with E-state index in [4.69, 9.17) is 0 Å². The van der Waals surface area contributed by atoms with Gasteiger partial charge in [0.15, 0.2) is 0 Å². The van der Waals surface area contributed by atoms with E-state index in [1.165, 1.54) is 0 Å². The molecule has 15 heavy (non-hydrogen) atoms. The van der Waals surface area contributed by atoms with Crippen molar-refractivity contribution < 1.29 is 4.79 Å². The van der Waals surface area contributed by atoms with E-state index in [2.05, 4.69) is 16.7 Å². The Labute approximate surface area is 92.3 Å². The topological polar surface area (TPSA) is 41.1 Å². The lowest BCUT2D eigenvalue weighted by Crippen LogP contribution is -2.48. The fourth-order valence-corrected chi connectivity index (χ4v) is 1.90. The maximum absolute atomic E-state index is 11.9. The van der Waals surface area contributed by atoms with Gasteiger partial charge in [-0.15, -0.1) is 0 Å². The van der Waals surface area contributed by atoms with E-state index in [1.807, 2.05) is 19.9 Å². The molecule has 0 aromatic rings. The van der Waals surface area contributed by atoms with Gasteiger partial charge in [0.2, 0.25) is 5.91 Å². The average Bonchev–Trinajstić information content (AvgIpc) is 2.25. The molecule has 0 aromatic carbocycles. The maximum Gasteiger partial charge on any atom is 0.227 e. The summed E-state index contributed by atoms with van der Waals surface area (Å²) in [6.45, 7) is 6.64. The van der Waals surface area contributed by atoms with Gasteiger partial charge in [0.25, 0.3) is 0 Å². The van der Waals surface area contributed by atoms with Gasteiger partial charge in [-0.05, 0) is 39.7 Å². The van der Waals surface area contributed by atoms with Crippen molar-refractivity contribution in [3.8, 4) is 0 Å². The maximum atomic E-state index is 11.9. The molecule has 0 spiro atoms. The predicted octanol–water partition coefficient (Wildman–Crippen LogP) is 1.46. The predicted molar refractivity (Wildman–Crippen MR) is 62.7 cm³/mol. The Morgan fingerprint density at radius 2 is 2.40 bits per heavy atom. The summed E-state index contributed by atoms with van der Waals surface area (Å²) in [6, 6.07) is 0. The van der Waals surface area contributed by atoms with Crippen LogP contribution < -0.4 is 10.6 Å². The second-order valence-corrected chi connectivity index (χ2v) is 4.45. The molecular formula is C12H22N2O. The van der Waals surface area contributed by atoms with Crippen LogP contribution in [0.1, 0.15) is 33.1 Å². The molecule has 0 aromatic heterocycles. The third-order valence-corrected chi connectivity index (χ3v) is 2.98. The minimum Gasteiger partial charge on any atom is -0.355 e. The standard InChI is InChI=1S/C12H22N2O/c1-3-4-5-9-14-11(15)12(2)7-6-8-13-10-12/h3-4,13H,5-10H2,1-2H3,(H,14,15)/b4-3+. The smallest absolute Gasteiger partial charge is 0.227 e. The number of rotatable bonds is 4. The monoisotopic (exact) mass is 210 g/mol. The van der Waals surface area contributed by atoms with E-state index in [0.717, 1.165) is 38.9 Å². The molecule has 1 atom stereocenters. The molecule has 0 bridgehead atoms. The number of carbonyl (C=O) groups excluding carboxylic acids is 1. The molecule has 1 amide bonds. The van der Waals surface area contributed by atoms with Gasteiger partial charge in [0.05, 0.1) is 5.41 Å². The summed E-state index contributed by atoms with van der Waals surface area (Å²) in [5.41, 5.74) is -0.200. The van der Waals surface area contributed by atoms with Crippen LogP contribution in [0.3, 0.4) is 0 Å². The van der Waals surface area contributed by atoms with E-state index in [9.17, 15) is 4.79 Å². The van der Waals surface area contributed by atoms with Gasteiger partial charge in [-0.25, -0.2) is 0 Å². The SMILES string of the molecule is C/C=C/CCNC(=O)C1(C)CCCNC1. The van der Waals surface area contributed by atoms with Gasteiger partial charge in [0, 0.05) is 13.1 Å². The van der Waals surface area contributed by atoms with Crippen molar-refractivity contribution in [2.24, 2.45) is 5.41 Å². The molecule has 1 fully saturated rings. The van der Waals surface area contributed by atoms with Crippen molar-refractivity contribution in [3.63, 3.8) is 0 Å². The molecule has 86 valence electrons. The molecule has 1 heterocycles. The lowest BCUT2D eigenvalue weighted by atomic mass is 9.82. The fourth-order valence-electron chi connectivity index (χ4n) is 1.90. The first-order chi connectivity index (χ1) is 7.19. The molecule has 1 saturated heterocycles. The Morgan fingerprint density at radius 1 is 1.60 bits per heavy atom. The highest BCUT2D eigenvalue weighted by Crippen LogP contribution is 2.25. The second kappa shape index (κ2) is 5.91. The van der Waals surface area contributed by atoms with Crippen molar-refractivity contribution in [1.82, 2.24) is 10.6 Å². The number of piperidine rings is 1. The second-order valence-electron chi connectivity index (χ2n) is 4.45. The van der Waals surface area contributed by atoms with E-state index < -0.39 is 0 Å². The Bertz CT molecular complexity index is 230. The molecule has 1 unspecified atom stereocenters. The lowest BCUT2D eigenvalue weighted by molar-refractivity contribution is -0.131. The summed E-state index contributed by atoms with van der Waals surface area (Å²) in [4.78, 5) is 11.9. The van der Waals surface area contributed by atoms with E-state index in [1.54, 1.807) is 0 Å². The molecule has 3 heteroatoms. The van der Waals surface area contributed by atoms with Gasteiger partial charge in [-0.2, -0.15) is 0 Å². The van der Waals surface area contributed by atoms with Crippen LogP contribution in [0.5, 0.6) is 0 Å². The Balaban J connectivity index is 2.31. The van der Waals surface area contributed by atoms with Crippen LogP contribution >= 0.6 is 0 Å².